The minimum absolute atomic E-state index is 0.259. The summed E-state index contributed by atoms with van der Waals surface area (Å²) in [6.45, 7) is 6.78. The smallest absolute Gasteiger partial charge is 0.303 e. The van der Waals surface area contributed by atoms with Crippen molar-refractivity contribution in [3.63, 3.8) is 0 Å². The van der Waals surface area contributed by atoms with E-state index >= 15 is 0 Å². The predicted octanol–water partition coefficient (Wildman–Crippen LogP) is 4.52. The molecule has 1 saturated carbocycles. The molecule has 5 atom stereocenters. The van der Waals surface area contributed by atoms with Gasteiger partial charge in [-0.1, -0.05) is 49.4 Å². The Kier molecular flexibility index (Phi) is 9.81. The Morgan fingerprint density at radius 1 is 0.756 bits per heavy atom. The summed E-state index contributed by atoms with van der Waals surface area (Å²) in [4.78, 5) is 48.2. The lowest BCUT2D eigenvalue weighted by Crippen LogP contribution is -2.59. The van der Waals surface area contributed by atoms with Crippen molar-refractivity contribution >= 4 is 23.9 Å². The summed E-state index contributed by atoms with van der Waals surface area (Å²) >= 11 is 0. The van der Waals surface area contributed by atoms with Crippen molar-refractivity contribution in [2.24, 2.45) is 0 Å². The Morgan fingerprint density at radius 2 is 1.34 bits per heavy atom. The average Bonchev–Trinajstić information content (AvgIpc) is 3.75. The third kappa shape index (κ3) is 7.94. The maximum atomic E-state index is 12.3. The zero-order valence-electron chi connectivity index (χ0n) is 24.2. The fourth-order valence-electron chi connectivity index (χ4n) is 5.36. The molecule has 0 amide bonds. The SMILES string of the molecule is CCc1ccc(Cc2cc([C@@H]3O[C@H](COC(C)=O)[C@@H](OC(C)=O)[C@H](OC(C)=O)[C@H]3OC(C)=O)ccc2C2CC2)cc1. The molecule has 2 aromatic carbocycles. The predicted molar refractivity (Wildman–Crippen MR) is 148 cm³/mol. The molecule has 2 aliphatic rings. The molecule has 0 unspecified atom stereocenters. The van der Waals surface area contributed by atoms with Gasteiger partial charge >= 0.3 is 23.9 Å². The molecular formula is C32H38O9. The topological polar surface area (TPSA) is 114 Å². The van der Waals surface area contributed by atoms with Crippen molar-refractivity contribution in [2.75, 3.05) is 6.61 Å². The van der Waals surface area contributed by atoms with E-state index in [2.05, 4.69) is 37.3 Å². The second-order valence-electron chi connectivity index (χ2n) is 10.7. The Labute approximate surface area is 240 Å². The van der Waals surface area contributed by atoms with E-state index in [1.807, 2.05) is 12.1 Å². The normalized spacial score (nSPS) is 23.8. The van der Waals surface area contributed by atoms with Crippen molar-refractivity contribution in [2.45, 2.75) is 96.7 Å². The quantitative estimate of drug-likeness (QED) is 0.303. The summed E-state index contributed by atoms with van der Waals surface area (Å²) in [6, 6.07) is 14.6. The Morgan fingerprint density at radius 3 is 1.90 bits per heavy atom. The Hall–Kier alpha value is -3.72. The number of carbonyl (C=O) groups is 4. The molecule has 0 radical (unpaired) electrons. The molecule has 1 saturated heterocycles. The standard InChI is InChI=1S/C32H38O9/c1-6-22-7-9-23(10-8-22)15-26-16-25(13-14-27(26)24-11-12-24)29-31(39-20(4)35)32(40-21(5)36)30(38-19(3)34)28(41-29)17-37-18(2)33/h7-10,13-14,16,24,28-32H,6,11-12,15,17H2,1-5H3/t28-,29+,30-,31+,32+/m1/s1. The number of hydrogen-bond donors (Lipinski definition) is 0. The summed E-state index contributed by atoms with van der Waals surface area (Å²) in [7, 11) is 0. The number of ether oxygens (including phenoxy) is 5. The highest BCUT2D eigenvalue weighted by Gasteiger charge is 2.52. The molecule has 1 aliphatic heterocycles. The van der Waals surface area contributed by atoms with Crippen LogP contribution >= 0.6 is 0 Å². The number of hydrogen-bond acceptors (Lipinski definition) is 9. The maximum Gasteiger partial charge on any atom is 0.303 e. The van der Waals surface area contributed by atoms with Crippen molar-refractivity contribution in [3.05, 3.63) is 70.3 Å². The molecule has 2 aromatic rings. The van der Waals surface area contributed by atoms with Gasteiger partial charge < -0.3 is 23.7 Å². The maximum absolute atomic E-state index is 12.3. The lowest BCUT2D eigenvalue weighted by atomic mass is 9.87. The second-order valence-corrected chi connectivity index (χ2v) is 10.7. The first-order valence-corrected chi connectivity index (χ1v) is 14.1. The highest BCUT2D eigenvalue weighted by molar-refractivity contribution is 5.69. The molecule has 1 aliphatic carbocycles. The van der Waals surface area contributed by atoms with Gasteiger partial charge in [-0.2, -0.15) is 0 Å². The van der Waals surface area contributed by atoms with E-state index in [1.54, 1.807) is 0 Å². The van der Waals surface area contributed by atoms with E-state index < -0.39 is 54.4 Å². The fraction of sp³-hybridized carbons (Fsp3) is 0.500. The molecule has 2 fully saturated rings. The van der Waals surface area contributed by atoms with Crippen LogP contribution < -0.4 is 0 Å². The molecule has 41 heavy (non-hydrogen) atoms. The van der Waals surface area contributed by atoms with Crippen molar-refractivity contribution in [1.29, 1.82) is 0 Å². The van der Waals surface area contributed by atoms with E-state index in [4.69, 9.17) is 23.7 Å². The van der Waals surface area contributed by atoms with E-state index in [0.717, 1.165) is 24.8 Å². The molecular weight excluding hydrogens is 528 g/mol. The summed E-state index contributed by atoms with van der Waals surface area (Å²) in [5.41, 5.74) is 5.53. The third-order valence-electron chi connectivity index (χ3n) is 7.33. The van der Waals surface area contributed by atoms with Crippen LogP contribution in [0.3, 0.4) is 0 Å². The van der Waals surface area contributed by atoms with E-state index in [-0.39, 0.29) is 6.61 Å². The van der Waals surface area contributed by atoms with Gasteiger partial charge in [-0.3, -0.25) is 19.2 Å². The summed E-state index contributed by atoms with van der Waals surface area (Å²) < 4.78 is 28.4. The first-order chi connectivity index (χ1) is 19.5. The minimum Gasteiger partial charge on any atom is -0.463 e. The highest BCUT2D eigenvalue weighted by atomic mass is 16.7. The van der Waals surface area contributed by atoms with Crippen LogP contribution in [0.15, 0.2) is 42.5 Å². The van der Waals surface area contributed by atoms with Gasteiger partial charge in [-0.15, -0.1) is 0 Å². The summed E-state index contributed by atoms with van der Waals surface area (Å²) in [6.07, 6.45) is -1.48. The van der Waals surface area contributed by atoms with Gasteiger partial charge in [0.1, 0.15) is 18.8 Å². The van der Waals surface area contributed by atoms with Crippen LogP contribution in [0.5, 0.6) is 0 Å². The first kappa shape index (κ1) is 30.2. The fourth-order valence-corrected chi connectivity index (χ4v) is 5.36. The van der Waals surface area contributed by atoms with Crippen LogP contribution in [0, 0.1) is 0 Å². The van der Waals surface area contributed by atoms with Crippen LogP contribution in [0.1, 0.15) is 87.3 Å². The van der Waals surface area contributed by atoms with Gasteiger partial charge in [0.2, 0.25) is 0 Å². The lowest BCUT2D eigenvalue weighted by Gasteiger charge is -2.44. The van der Waals surface area contributed by atoms with Crippen LogP contribution in [-0.4, -0.2) is 54.9 Å². The van der Waals surface area contributed by atoms with Crippen LogP contribution in [0.25, 0.3) is 0 Å². The largest absolute Gasteiger partial charge is 0.463 e. The number of benzene rings is 2. The van der Waals surface area contributed by atoms with Crippen LogP contribution in [-0.2, 0) is 55.7 Å². The van der Waals surface area contributed by atoms with Gasteiger partial charge in [0.15, 0.2) is 18.3 Å². The van der Waals surface area contributed by atoms with Gasteiger partial charge in [0, 0.05) is 27.7 Å². The van der Waals surface area contributed by atoms with Gasteiger partial charge in [0.25, 0.3) is 0 Å². The molecule has 0 aromatic heterocycles. The van der Waals surface area contributed by atoms with Crippen LogP contribution in [0.4, 0.5) is 0 Å². The highest BCUT2D eigenvalue weighted by Crippen LogP contribution is 2.44. The molecule has 0 spiro atoms. The number of aryl methyl sites for hydroxylation is 1. The third-order valence-corrected chi connectivity index (χ3v) is 7.33. The number of esters is 4. The lowest BCUT2D eigenvalue weighted by molar-refractivity contribution is -0.254. The number of rotatable bonds is 10. The summed E-state index contributed by atoms with van der Waals surface area (Å²) in [5.74, 6) is -2.00. The van der Waals surface area contributed by atoms with Crippen molar-refractivity contribution in [1.82, 2.24) is 0 Å². The van der Waals surface area contributed by atoms with Gasteiger partial charge in [0.05, 0.1) is 0 Å². The van der Waals surface area contributed by atoms with E-state index in [0.29, 0.717) is 17.9 Å². The van der Waals surface area contributed by atoms with E-state index in [9.17, 15) is 19.2 Å². The monoisotopic (exact) mass is 566 g/mol. The average molecular weight is 567 g/mol. The molecule has 0 bridgehead atoms. The van der Waals surface area contributed by atoms with Gasteiger partial charge in [-0.25, -0.2) is 0 Å². The molecule has 9 heteroatoms. The second kappa shape index (κ2) is 13.3. The first-order valence-electron chi connectivity index (χ1n) is 14.1. The van der Waals surface area contributed by atoms with Crippen molar-refractivity contribution in [3.8, 4) is 0 Å². The molecule has 9 nitrogen and oxygen atoms in total. The van der Waals surface area contributed by atoms with Gasteiger partial charge in [-0.05, 0) is 59.4 Å². The zero-order valence-corrected chi connectivity index (χ0v) is 24.2. The van der Waals surface area contributed by atoms with E-state index in [1.165, 1.54) is 44.4 Å². The molecule has 220 valence electrons. The molecule has 0 N–H and O–H groups in total. The zero-order chi connectivity index (χ0) is 29.7. The Bertz CT molecular complexity index is 1260. The number of carbonyl (C=O) groups excluding carboxylic acids is 4. The van der Waals surface area contributed by atoms with Crippen LogP contribution in [0.2, 0.25) is 0 Å². The summed E-state index contributed by atoms with van der Waals surface area (Å²) in [5, 5.41) is 0. The minimum atomic E-state index is -1.20. The molecule has 4 rings (SSSR count). The van der Waals surface area contributed by atoms with Crippen molar-refractivity contribution < 1.29 is 42.9 Å². The Balaban J connectivity index is 1.76. The molecule has 1 heterocycles.